The minimum Gasteiger partial charge on any atom is -0.357 e. The molecule has 3 aromatic rings. The fraction of sp³-hybridized carbons (Fsp3) is 0. The van der Waals surface area contributed by atoms with Crippen LogP contribution in [0.3, 0.4) is 0 Å². The van der Waals surface area contributed by atoms with Gasteiger partial charge in [0.05, 0.1) is 21.2 Å². The molecular weight excluding hydrogens is 372 g/mol. The van der Waals surface area contributed by atoms with Gasteiger partial charge in [0.1, 0.15) is 11.4 Å². The first-order valence-corrected chi connectivity index (χ1v) is 7.73. The van der Waals surface area contributed by atoms with Gasteiger partial charge >= 0.3 is 11.4 Å². The molecule has 12 heteroatoms. The molecule has 3 rings (SSSR count). The molecular formula is C16H12N6O6. The molecule has 4 N–H and O–H groups in total. The minimum absolute atomic E-state index is 0.155. The molecule has 1 aromatic carbocycles. The van der Waals surface area contributed by atoms with Crippen molar-refractivity contribution >= 4 is 34.6 Å². The smallest absolute Gasteiger partial charge is 0.348 e. The van der Waals surface area contributed by atoms with E-state index in [1.807, 2.05) is 0 Å². The first-order chi connectivity index (χ1) is 13.4. The van der Waals surface area contributed by atoms with Crippen LogP contribution in [-0.4, -0.2) is 31.6 Å². The van der Waals surface area contributed by atoms with Gasteiger partial charge in [-0.3, -0.25) is 29.8 Å². The number of H-pyrrole nitrogens is 2. The third-order valence-electron chi connectivity index (χ3n) is 3.69. The highest BCUT2D eigenvalue weighted by atomic mass is 16.6. The van der Waals surface area contributed by atoms with E-state index in [9.17, 15) is 29.8 Å². The molecule has 0 aliphatic rings. The fourth-order valence-corrected chi connectivity index (χ4v) is 2.40. The zero-order valence-corrected chi connectivity index (χ0v) is 14.0. The van der Waals surface area contributed by atoms with E-state index in [0.29, 0.717) is 0 Å². The summed E-state index contributed by atoms with van der Waals surface area (Å²) >= 11 is 0. The Morgan fingerprint density at radius 1 is 0.786 bits per heavy atom. The van der Waals surface area contributed by atoms with Gasteiger partial charge in [-0.05, 0) is 24.3 Å². The molecule has 2 amide bonds. The van der Waals surface area contributed by atoms with E-state index in [0.717, 1.165) is 12.1 Å². The molecule has 12 nitrogen and oxygen atoms in total. The lowest BCUT2D eigenvalue weighted by Gasteiger charge is -2.12. The monoisotopic (exact) mass is 384 g/mol. The van der Waals surface area contributed by atoms with Gasteiger partial charge in [0, 0.05) is 24.5 Å². The van der Waals surface area contributed by atoms with Crippen molar-refractivity contribution in [3.63, 3.8) is 0 Å². The van der Waals surface area contributed by atoms with Gasteiger partial charge in [-0.1, -0.05) is 0 Å². The van der Waals surface area contributed by atoms with E-state index in [2.05, 4.69) is 20.6 Å². The summed E-state index contributed by atoms with van der Waals surface area (Å²) in [6.07, 6.45) is 3.00. The number of aromatic nitrogens is 2. The average molecular weight is 384 g/mol. The predicted molar refractivity (Wildman–Crippen MR) is 97.2 cm³/mol. The van der Waals surface area contributed by atoms with Crippen molar-refractivity contribution < 1.29 is 19.4 Å². The molecule has 0 saturated carbocycles. The molecule has 142 valence electrons. The Kier molecular flexibility index (Phi) is 4.85. The Morgan fingerprint density at radius 3 is 1.46 bits per heavy atom. The number of nitro benzene ring substituents is 2. The maximum Gasteiger partial charge on any atom is 0.348 e. The third kappa shape index (κ3) is 3.70. The van der Waals surface area contributed by atoms with Crippen molar-refractivity contribution in [1.82, 2.24) is 9.97 Å². The molecule has 0 fully saturated rings. The number of amides is 2. The van der Waals surface area contributed by atoms with Crippen LogP contribution < -0.4 is 10.6 Å². The highest BCUT2D eigenvalue weighted by molar-refractivity contribution is 6.09. The second-order valence-corrected chi connectivity index (χ2v) is 5.48. The van der Waals surface area contributed by atoms with Crippen LogP contribution >= 0.6 is 0 Å². The predicted octanol–water partition coefficient (Wildman–Crippen LogP) is 2.66. The number of nitrogens with zero attached hydrogens (tertiary/aromatic N) is 2. The molecule has 0 bridgehead atoms. The number of hydrogen-bond donors (Lipinski definition) is 4. The lowest BCUT2D eigenvalue weighted by atomic mass is 10.2. The van der Waals surface area contributed by atoms with Crippen molar-refractivity contribution in [3.05, 3.63) is 80.4 Å². The molecule has 0 atom stereocenters. The Hall–Kier alpha value is -4.48. The van der Waals surface area contributed by atoms with E-state index < -0.39 is 33.0 Å². The second kappa shape index (κ2) is 7.41. The summed E-state index contributed by atoms with van der Waals surface area (Å²) in [5.74, 6) is -1.30. The van der Waals surface area contributed by atoms with Crippen LogP contribution in [0.5, 0.6) is 0 Å². The number of benzene rings is 1. The van der Waals surface area contributed by atoms with Crippen LogP contribution in [0.1, 0.15) is 21.0 Å². The first kappa shape index (κ1) is 18.3. The lowest BCUT2D eigenvalue weighted by molar-refractivity contribution is -0.422. The summed E-state index contributed by atoms with van der Waals surface area (Å²) in [6.45, 7) is 0. The molecule has 0 saturated heterocycles. The van der Waals surface area contributed by atoms with Crippen molar-refractivity contribution in [2.45, 2.75) is 0 Å². The summed E-state index contributed by atoms with van der Waals surface area (Å²) in [6, 6.07) is 7.72. The van der Waals surface area contributed by atoms with Crippen LogP contribution in [0.25, 0.3) is 0 Å². The Morgan fingerprint density at radius 2 is 1.18 bits per heavy atom. The Balaban J connectivity index is 2.04. The van der Waals surface area contributed by atoms with E-state index in [1.165, 1.54) is 24.5 Å². The topological polar surface area (TPSA) is 176 Å². The number of aromatic amines is 2. The Labute approximate surface area is 155 Å². The van der Waals surface area contributed by atoms with E-state index in [1.54, 1.807) is 12.1 Å². The summed E-state index contributed by atoms with van der Waals surface area (Å²) in [5.41, 5.74) is -1.69. The number of carbonyl (C=O) groups excluding carboxylic acids is 2. The van der Waals surface area contributed by atoms with Gasteiger partial charge in [-0.15, -0.1) is 0 Å². The van der Waals surface area contributed by atoms with Crippen LogP contribution in [0, 0.1) is 20.2 Å². The van der Waals surface area contributed by atoms with Crippen LogP contribution in [-0.2, 0) is 0 Å². The summed E-state index contributed by atoms with van der Waals surface area (Å²) < 4.78 is 0. The number of rotatable bonds is 6. The van der Waals surface area contributed by atoms with Crippen LogP contribution in [0.4, 0.5) is 22.7 Å². The summed E-state index contributed by atoms with van der Waals surface area (Å²) in [4.78, 5) is 50.4. The van der Waals surface area contributed by atoms with E-state index in [4.69, 9.17) is 0 Å². The quantitative estimate of drug-likeness (QED) is 0.375. The van der Waals surface area contributed by atoms with Gasteiger partial charge in [-0.25, -0.2) is 0 Å². The molecule has 28 heavy (non-hydrogen) atoms. The molecule has 0 aliphatic heterocycles. The standard InChI is InChI=1S/C16H12N6O6/c23-15(9-3-1-5-17-9)19-11-7-13(21(25)26)14(22(27)28)8-12(11)20-16(24)10-4-2-6-18-10/h1-8,17-18H,(H,19,23)(H,20,24). The lowest BCUT2D eigenvalue weighted by Crippen LogP contribution is -2.18. The van der Waals surface area contributed by atoms with Gasteiger partial charge in [-0.2, -0.15) is 0 Å². The first-order valence-electron chi connectivity index (χ1n) is 7.73. The maximum atomic E-state index is 12.3. The number of nitro groups is 2. The number of carbonyl (C=O) groups is 2. The number of nitrogens with one attached hydrogen (secondary N) is 4. The maximum absolute atomic E-state index is 12.3. The zero-order chi connectivity index (χ0) is 20.3. The van der Waals surface area contributed by atoms with Gasteiger partial charge < -0.3 is 20.6 Å². The molecule has 0 aliphatic carbocycles. The van der Waals surface area contributed by atoms with Gasteiger partial charge in [0.15, 0.2) is 0 Å². The van der Waals surface area contributed by atoms with Crippen molar-refractivity contribution in [2.75, 3.05) is 10.6 Å². The molecule has 0 spiro atoms. The zero-order valence-electron chi connectivity index (χ0n) is 14.0. The van der Waals surface area contributed by atoms with Crippen LogP contribution in [0.2, 0.25) is 0 Å². The van der Waals surface area contributed by atoms with E-state index >= 15 is 0 Å². The largest absolute Gasteiger partial charge is 0.357 e. The van der Waals surface area contributed by atoms with Crippen LogP contribution in [0.15, 0.2) is 48.8 Å². The van der Waals surface area contributed by atoms with Crippen molar-refractivity contribution in [2.24, 2.45) is 0 Å². The Bertz CT molecular complexity index is 972. The molecule has 0 radical (unpaired) electrons. The number of hydrogen-bond acceptors (Lipinski definition) is 6. The summed E-state index contributed by atoms with van der Waals surface area (Å²) in [7, 11) is 0. The van der Waals surface area contributed by atoms with Gasteiger partial charge in [0.2, 0.25) is 0 Å². The SMILES string of the molecule is O=C(Nc1cc([N+](=O)[O-])c([N+](=O)[O-])cc1NC(=O)c1ccc[nH]1)c1ccc[nH]1. The van der Waals surface area contributed by atoms with Crippen molar-refractivity contribution in [1.29, 1.82) is 0 Å². The molecule has 2 heterocycles. The second-order valence-electron chi connectivity index (χ2n) is 5.48. The molecule has 0 unspecified atom stereocenters. The highest BCUT2D eigenvalue weighted by Gasteiger charge is 2.28. The summed E-state index contributed by atoms with van der Waals surface area (Å²) in [5, 5.41) is 27.2. The average Bonchev–Trinajstić information content (AvgIpc) is 3.36. The highest BCUT2D eigenvalue weighted by Crippen LogP contribution is 2.36. The normalized spacial score (nSPS) is 10.3. The number of anilines is 2. The van der Waals surface area contributed by atoms with Gasteiger partial charge in [0.25, 0.3) is 11.8 Å². The van der Waals surface area contributed by atoms with Crippen molar-refractivity contribution in [3.8, 4) is 0 Å². The molecule has 2 aromatic heterocycles. The van der Waals surface area contributed by atoms with E-state index in [-0.39, 0.29) is 22.8 Å². The fourth-order valence-electron chi connectivity index (χ4n) is 2.40. The third-order valence-corrected chi connectivity index (χ3v) is 3.69. The minimum atomic E-state index is -0.945.